The van der Waals surface area contributed by atoms with Crippen molar-refractivity contribution in [3.05, 3.63) is 29.6 Å². The molecule has 0 radical (unpaired) electrons. The molecule has 1 unspecified atom stereocenters. The zero-order valence-corrected chi connectivity index (χ0v) is 12.8. The Balaban J connectivity index is 2.04. The second kappa shape index (κ2) is 5.69. The molecule has 0 aliphatic carbocycles. The lowest BCUT2D eigenvalue weighted by Gasteiger charge is -2.22. The van der Waals surface area contributed by atoms with Crippen molar-refractivity contribution in [1.82, 2.24) is 9.55 Å². The topological polar surface area (TPSA) is 55.1 Å². The molecular weight excluding hydrogens is 292 g/mol. The summed E-state index contributed by atoms with van der Waals surface area (Å²) in [6.07, 6.45) is 0. The van der Waals surface area contributed by atoms with Crippen LogP contribution in [0, 0.1) is 6.92 Å². The minimum atomic E-state index is -0.887. The van der Waals surface area contributed by atoms with E-state index in [1.165, 1.54) is 11.5 Å². The van der Waals surface area contributed by atoms with Crippen molar-refractivity contribution in [2.24, 2.45) is 0 Å². The van der Waals surface area contributed by atoms with Crippen molar-refractivity contribution in [3.63, 3.8) is 0 Å². The molecule has 0 spiro atoms. The highest BCUT2D eigenvalue weighted by Crippen LogP contribution is 2.28. The minimum absolute atomic E-state index is 0.344. The molecule has 106 valence electrons. The van der Waals surface area contributed by atoms with E-state index < -0.39 is 5.97 Å². The van der Waals surface area contributed by atoms with Gasteiger partial charge in [-0.25, -0.2) is 9.78 Å². The lowest BCUT2D eigenvalue weighted by molar-refractivity contribution is 0.0698. The summed E-state index contributed by atoms with van der Waals surface area (Å²) in [5.41, 5.74) is 1.88. The Morgan fingerprint density at radius 3 is 3.05 bits per heavy atom. The summed E-state index contributed by atoms with van der Waals surface area (Å²) in [4.78, 5) is 15.9. The molecule has 1 aromatic heterocycles. The first-order valence-corrected chi connectivity index (χ1v) is 8.75. The van der Waals surface area contributed by atoms with Crippen LogP contribution in [0.1, 0.15) is 16.2 Å². The highest BCUT2D eigenvalue weighted by Gasteiger charge is 2.20. The maximum atomic E-state index is 11.4. The van der Waals surface area contributed by atoms with Crippen LogP contribution in [-0.4, -0.2) is 43.1 Å². The monoisotopic (exact) mass is 308 g/mol. The van der Waals surface area contributed by atoms with E-state index in [1.54, 1.807) is 12.1 Å². The standard InChI is InChI=1S/C14H16N2O2S2/c1-9-15-12-4-2-3-11(14(17)18)13(12)16(9)7-10-8-19-5-6-20-10/h2-4,10H,5-8H2,1H3,(H,17,18). The largest absolute Gasteiger partial charge is 0.478 e. The number of aryl methyl sites for hydroxylation is 1. The summed E-state index contributed by atoms with van der Waals surface area (Å²) in [6, 6.07) is 5.30. The number of hydrogen-bond donors (Lipinski definition) is 1. The van der Waals surface area contributed by atoms with Crippen LogP contribution in [0.4, 0.5) is 0 Å². The predicted molar refractivity (Wildman–Crippen MR) is 85.0 cm³/mol. The number of imidazole rings is 1. The Hall–Kier alpha value is -1.14. The average molecular weight is 308 g/mol. The molecule has 20 heavy (non-hydrogen) atoms. The van der Waals surface area contributed by atoms with Crippen molar-refractivity contribution < 1.29 is 9.90 Å². The molecule has 6 heteroatoms. The number of carboxylic acids is 1. The van der Waals surface area contributed by atoms with Crippen molar-refractivity contribution in [2.75, 3.05) is 17.3 Å². The van der Waals surface area contributed by atoms with E-state index in [4.69, 9.17) is 0 Å². The van der Waals surface area contributed by atoms with E-state index in [9.17, 15) is 9.90 Å². The second-order valence-electron chi connectivity index (χ2n) is 4.82. The Morgan fingerprint density at radius 1 is 1.50 bits per heavy atom. The number of aromatic nitrogens is 2. The summed E-state index contributed by atoms with van der Waals surface area (Å²) in [5.74, 6) is 3.52. The van der Waals surface area contributed by atoms with Gasteiger partial charge in [0.1, 0.15) is 5.82 Å². The number of nitrogens with zero attached hydrogens (tertiary/aromatic N) is 2. The number of fused-ring (bicyclic) bond motifs is 1. The van der Waals surface area contributed by atoms with E-state index >= 15 is 0 Å². The smallest absolute Gasteiger partial charge is 0.337 e. The Bertz CT molecular complexity index is 648. The first kappa shape index (κ1) is 13.8. The molecule has 0 amide bonds. The molecule has 1 aliphatic heterocycles. The highest BCUT2D eigenvalue weighted by atomic mass is 32.2. The van der Waals surface area contributed by atoms with Gasteiger partial charge in [0.25, 0.3) is 0 Å². The Kier molecular flexibility index (Phi) is 3.94. The first-order valence-electron chi connectivity index (χ1n) is 6.55. The van der Waals surface area contributed by atoms with E-state index in [0.717, 1.165) is 29.2 Å². The Labute approximate surface area is 126 Å². The number of thioether (sulfide) groups is 2. The fourth-order valence-corrected chi connectivity index (χ4v) is 5.20. The van der Waals surface area contributed by atoms with Crippen LogP contribution in [-0.2, 0) is 6.54 Å². The first-order chi connectivity index (χ1) is 9.66. The van der Waals surface area contributed by atoms with Gasteiger partial charge < -0.3 is 9.67 Å². The molecule has 1 saturated heterocycles. The maximum absolute atomic E-state index is 11.4. The summed E-state index contributed by atoms with van der Waals surface area (Å²) >= 11 is 3.95. The molecule has 1 aromatic carbocycles. The number of hydrogen-bond acceptors (Lipinski definition) is 4. The van der Waals surface area contributed by atoms with Crippen molar-refractivity contribution >= 4 is 40.5 Å². The molecule has 0 bridgehead atoms. The zero-order chi connectivity index (χ0) is 14.1. The summed E-state index contributed by atoms with van der Waals surface area (Å²) in [6.45, 7) is 2.79. The van der Waals surface area contributed by atoms with Gasteiger partial charge in [-0.3, -0.25) is 0 Å². The third-order valence-corrected chi connectivity index (χ3v) is 6.29. The van der Waals surface area contributed by atoms with E-state index in [1.807, 2.05) is 36.5 Å². The third-order valence-electron chi connectivity index (χ3n) is 3.46. The molecule has 1 N–H and O–H groups in total. The van der Waals surface area contributed by atoms with E-state index in [-0.39, 0.29) is 0 Å². The quantitative estimate of drug-likeness (QED) is 0.945. The molecular formula is C14H16N2O2S2. The number of aromatic carboxylic acids is 1. The molecule has 3 rings (SSSR count). The van der Waals surface area contributed by atoms with Crippen LogP contribution < -0.4 is 0 Å². The SMILES string of the molecule is Cc1nc2cccc(C(=O)O)c2n1CC1CSCCS1. The molecule has 2 aromatic rings. The van der Waals surface area contributed by atoms with Crippen LogP contribution in [0.25, 0.3) is 11.0 Å². The van der Waals surface area contributed by atoms with Crippen molar-refractivity contribution in [2.45, 2.75) is 18.7 Å². The van der Waals surface area contributed by atoms with E-state index in [0.29, 0.717) is 10.8 Å². The lowest BCUT2D eigenvalue weighted by atomic mass is 10.2. The zero-order valence-electron chi connectivity index (χ0n) is 11.2. The second-order valence-corrected chi connectivity index (χ2v) is 7.37. The minimum Gasteiger partial charge on any atom is -0.478 e. The molecule has 0 saturated carbocycles. The van der Waals surface area contributed by atoms with Gasteiger partial charge in [0.2, 0.25) is 0 Å². The molecule has 1 aliphatic rings. The highest BCUT2D eigenvalue weighted by molar-refractivity contribution is 8.06. The molecule has 1 atom stereocenters. The number of para-hydroxylation sites is 1. The van der Waals surface area contributed by atoms with Crippen LogP contribution in [0.15, 0.2) is 18.2 Å². The molecule has 4 nitrogen and oxygen atoms in total. The van der Waals surface area contributed by atoms with Crippen LogP contribution >= 0.6 is 23.5 Å². The summed E-state index contributed by atoms with van der Waals surface area (Å²) in [7, 11) is 0. The molecule has 1 fully saturated rings. The van der Waals surface area contributed by atoms with Gasteiger partial charge in [-0.1, -0.05) is 6.07 Å². The van der Waals surface area contributed by atoms with E-state index in [2.05, 4.69) is 9.55 Å². The summed E-state index contributed by atoms with van der Waals surface area (Å²) in [5, 5.41) is 9.91. The van der Waals surface area contributed by atoms with Crippen LogP contribution in [0.5, 0.6) is 0 Å². The normalized spacial score (nSPS) is 19.4. The van der Waals surface area contributed by atoms with Gasteiger partial charge in [-0.05, 0) is 19.1 Å². The average Bonchev–Trinajstić information content (AvgIpc) is 2.76. The van der Waals surface area contributed by atoms with Crippen LogP contribution in [0.2, 0.25) is 0 Å². The van der Waals surface area contributed by atoms with Gasteiger partial charge in [-0.2, -0.15) is 23.5 Å². The Morgan fingerprint density at radius 2 is 2.35 bits per heavy atom. The number of rotatable bonds is 3. The predicted octanol–water partition coefficient (Wildman–Crippen LogP) is 2.89. The van der Waals surface area contributed by atoms with Crippen LogP contribution in [0.3, 0.4) is 0 Å². The van der Waals surface area contributed by atoms with Crippen molar-refractivity contribution in [1.29, 1.82) is 0 Å². The van der Waals surface area contributed by atoms with Gasteiger partial charge in [0.15, 0.2) is 0 Å². The van der Waals surface area contributed by atoms with Crippen molar-refractivity contribution in [3.8, 4) is 0 Å². The molecule has 2 heterocycles. The van der Waals surface area contributed by atoms with Gasteiger partial charge in [0, 0.05) is 29.1 Å². The van der Waals surface area contributed by atoms with Gasteiger partial charge in [0.05, 0.1) is 16.6 Å². The fourth-order valence-electron chi connectivity index (χ4n) is 2.54. The maximum Gasteiger partial charge on any atom is 0.337 e. The van der Waals surface area contributed by atoms with Gasteiger partial charge in [-0.15, -0.1) is 0 Å². The number of carbonyl (C=O) groups is 1. The lowest BCUT2D eigenvalue weighted by Crippen LogP contribution is -2.21. The number of carboxylic acid groups (broad SMARTS) is 1. The third kappa shape index (κ3) is 2.54. The number of benzene rings is 1. The fraction of sp³-hybridized carbons (Fsp3) is 0.429. The van der Waals surface area contributed by atoms with Gasteiger partial charge >= 0.3 is 5.97 Å². The summed E-state index contributed by atoms with van der Waals surface area (Å²) < 4.78 is 2.07.